The van der Waals surface area contributed by atoms with Crippen LogP contribution in [-0.4, -0.2) is 18.1 Å². The van der Waals surface area contributed by atoms with E-state index in [0.29, 0.717) is 0 Å². The van der Waals surface area contributed by atoms with E-state index in [2.05, 4.69) is 16.3 Å². The van der Waals surface area contributed by atoms with Crippen molar-refractivity contribution < 1.29 is 0 Å². The Hall–Kier alpha value is -1.82. The Morgan fingerprint density at radius 1 is 1.20 bits per heavy atom. The predicted molar refractivity (Wildman–Crippen MR) is 61.8 cm³/mol. The molecule has 0 amide bonds. The van der Waals surface area contributed by atoms with Crippen molar-refractivity contribution in [2.24, 2.45) is 10.3 Å². The van der Waals surface area contributed by atoms with Gasteiger partial charge in [-0.2, -0.15) is 0 Å². The first-order chi connectivity index (χ1) is 7.30. The zero-order valence-corrected chi connectivity index (χ0v) is 9.14. The van der Waals surface area contributed by atoms with Crippen LogP contribution in [-0.2, 0) is 0 Å². The zero-order chi connectivity index (χ0) is 11.1. The molecular weight excluding hydrogens is 186 g/mol. The molecular formula is C12H15N3. The molecule has 0 aliphatic heterocycles. The summed E-state index contributed by atoms with van der Waals surface area (Å²) in [5, 5.41) is 10.1. The zero-order valence-electron chi connectivity index (χ0n) is 9.14. The summed E-state index contributed by atoms with van der Waals surface area (Å²) >= 11 is 0. The topological polar surface area (TPSA) is 28.0 Å². The second kappa shape index (κ2) is 5.82. The Bertz CT molecular complexity index is 355. The van der Waals surface area contributed by atoms with Crippen LogP contribution >= 0.6 is 0 Å². The van der Waals surface area contributed by atoms with Crippen molar-refractivity contribution in [3.8, 4) is 12.3 Å². The maximum Gasteiger partial charge on any atom is 0.0875 e. The van der Waals surface area contributed by atoms with Gasteiger partial charge in [0, 0.05) is 18.7 Å². The third-order valence-corrected chi connectivity index (χ3v) is 2.05. The normalized spacial score (nSPS) is 10.2. The van der Waals surface area contributed by atoms with Gasteiger partial charge in [-0.05, 0) is 38.1 Å². The van der Waals surface area contributed by atoms with Crippen LogP contribution in [0.5, 0.6) is 0 Å². The van der Waals surface area contributed by atoms with E-state index in [1.54, 1.807) is 0 Å². The molecule has 0 atom stereocenters. The van der Waals surface area contributed by atoms with Crippen molar-refractivity contribution in [3.05, 3.63) is 29.8 Å². The molecule has 15 heavy (non-hydrogen) atoms. The summed E-state index contributed by atoms with van der Waals surface area (Å²) in [6.45, 7) is 5.82. The van der Waals surface area contributed by atoms with Gasteiger partial charge in [0.15, 0.2) is 0 Å². The molecule has 78 valence electrons. The van der Waals surface area contributed by atoms with Gasteiger partial charge in [0.25, 0.3) is 0 Å². The quantitative estimate of drug-likeness (QED) is 0.418. The number of benzene rings is 1. The molecule has 1 rings (SSSR count). The Morgan fingerprint density at radius 2 is 1.80 bits per heavy atom. The van der Waals surface area contributed by atoms with Gasteiger partial charge in [-0.15, -0.1) is 11.5 Å². The standard InChI is InChI=1S/C12H15N3/c1-4-11-7-9-12(10-8-11)13-14-15(5-2)6-3/h1,7-10H,5-6H2,2-3H3. The molecule has 1 aromatic rings. The summed E-state index contributed by atoms with van der Waals surface area (Å²) in [4.78, 5) is 0. The molecule has 0 saturated heterocycles. The summed E-state index contributed by atoms with van der Waals surface area (Å²) in [5.41, 5.74) is 1.68. The second-order valence-electron chi connectivity index (χ2n) is 3.02. The lowest BCUT2D eigenvalue weighted by Gasteiger charge is -2.10. The van der Waals surface area contributed by atoms with E-state index >= 15 is 0 Å². The average molecular weight is 201 g/mol. The van der Waals surface area contributed by atoms with Gasteiger partial charge in [0.1, 0.15) is 0 Å². The molecule has 1 aromatic carbocycles. The van der Waals surface area contributed by atoms with Gasteiger partial charge in [-0.3, -0.25) is 5.01 Å². The van der Waals surface area contributed by atoms with Gasteiger partial charge in [0.05, 0.1) is 5.69 Å². The van der Waals surface area contributed by atoms with Gasteiger partial charge in [-0.25, -0.2) is 0 Å². The highest BCUT2D eigenvalue weighted by atomic mass is 15.5. The van der Waals surface area contributed by atoms with Gasteiger partial charge < -0.3 is 0 Å². The maximum absolute atomic E-state index is 5.25. The number of terminal acetylenes is 1. The molecule has 0 saturated carbocycles. The van der Waals surface area contributed by atoms with Crippen molar-refractivity contribution in [1.82, 2.24) is 5.01 Å². The van der Waals surface area contributed by atoms with Crippen LogP contribution in [0.4, 0.5) is 5.69 Å². The Labute approximate surface area is 90.8 Å². The van der Waals surface area contributed by atoms with Crippen molar-refractivity contribution in [2.75, 3.05) is 13.1 Å². The minimum Gasteiger partial charge on any atom is -0.279 e. The fraction of sp³-hybridized carbons (Fsp3) is 0.333. The van der Waals surface area contributed by atoms with E-state index in [9.17, 15) is 0 Å². The average Bonchev–Trinajstić information content (AvgIpc) is 2.31. The number of hydrogen-bond donors (Lipinski definition) is 0. The maximum atomic E-state index is 5.25. The molecule has 0 unspecified atom stereocenters. The summed E-state index contributed by atoms with van der Waals surface area (Å²) in [7, 11) is 0. The molecule has 3 nitrogen and oxygen atoms in total. The Balaban J connectivity index is 2.68. The molecule has 0 bridgehead atoms. The molecule has 3 heteroatoms. The molecule has 0 N–H and O–H groups in total. The monoisotopic (exact) mass is 201 g/mol. The second-order valence-corrected chi connectivity index (χ2v) is 3.02. The minimum atomic E-state index is 0.820. The molecule has 0 fully saturated rings. The highest BCUT2D eigenvalue weighted by molar-refractivity contribution is 5.43. The van der Waals surface area contributed by atoms with Gasteiger partial charge in [0.2, 0.25) is 0 Å². The predicted octanol–water partition coefficient (Wildman–Crippen LogP) is 3.01. The van der Waals surface area contributed by atoms with E-state index in [-0.39, 0.29) is 0 Å². The fourth-order valence-electron chi connectivity index (χ4n) is 1.09. The van der Waals surface area contributed by atoms with E-state index in [0.717, 1.165) is 24.3 Å². The molecule has 0 spiro atoms. The summed E-state index contributed by atoms with van der Waals surface area (Å²) in [5.74, 6) is 2.56. The van der Waals surface area contributed by atoms with Crippen LogP contribution in [0.2, 0.25) is 0 Å². The first-order valence-electron chi connectivity index (χ1n) is 5.03. The highest BCUT2D eigenvalue weighted by Gasteiger charge is 1.93. The van der Waals surface area contributed by atoms with Crippen molar-refractivity contribution in [1.29, 1.82) is 0 Å². The lowest BCUT2D eigenvalue weighted by atomic mass is 10.2. The number of rotatable bonds is 4. The summed E-state index contributed by atoms with van der Waals surface area (Å²) < 4.78 is 0. The molecule has 0 aromatic heterocycles. The first kappa shape index (κ1) is 11.3. The third kappa shape index (κ3) is 3.43. The van der Waals surface area contributed by atoms with Crippen LogP contribution in [0, 0.1) is 12.3 Å². The van der Waals surface area contributed by atoms with Crippen LogP contribution in [0.1, 0.15) is 19.4 Å². The van der Waals surface area contributed by atoms with Crippen molar-refractivity contribution in [3.63, 3.8) is 0 Å². The van der Waals surface area contributed by atoms with E-state index < -0.39 is 0 Å². The number of nitrogens with zero attached hydrogens (tertiary/aromatic N) is 3. The van der Waals surface area contributed by atoms with Crippen LogP contribution < -0.4 is 0 Å². The van der Waals surface area contributed by atoms with E-state index in [4.69, 9.17) is 6.42 Å². The molecule has 0 aliphatic rings. The Morgan fingerprint density at radius 3 is 2.27 bits per heavy atom. The highest BCUT2D eigenvalue weighted by Crippen LogP contribution is 2.13. The third-order valence-electron chi connectivity index (χ3n) is 2.05. The lowest BCUT2D eigenvalue weighted by molar-refractivity contribution is 0.301. The van der Waals surface area contributed by atoms with E-state index in [1.165, 1.54) is 0 Å². The molecule has 0 radical (unpaired) electrons. The van der Waals surface area contributed by atoms with Crippen molar-refractivity contribution in [2.45, 2.75) is 13.8 Å². The summed E-state index contributed by atoms with van der Waals surface area (Å²) in [6.07, 6.45) is 5.25. The summed E-state index contributed by atoms with van der Waals surface area (Å²) in [6, 6.07) is 7.44. The van der Waals surface area contributed by atoms with Crippen LogP contribution in [0.3, 0.4) is 0 Å². The van der Waals surface area contributed by atoms with Crippen LogP contribution in [0.25, 0.3) is 0 Å². The van der Waals surface area contributed by atoms with Gasteiger partial charge in [-0.1, -0.05) is 11.1 Å². The lowest BCUT2D eigenvalue weighted by Crippen LogP contribution is -2.14. The fourth-order valence-corrected chi connectivity index (χ4v) is 1.09. The minimum absolute atomic E-state index is 0.820. The largest absolute Gasteiger partial charge is 0.279 e. The van der Waals surface area contributed by atoms with E-state index in [1.807, 2.05) is 43.1 Å². The van der Waals surface area contributed by atoms with Crippen molar-refractivity contribution >= 4 is 5.69 Å². The Kier molecular flexibility index (Phi) is 4.36. The smallest absolute Gasteiger partial charge is 0.0875 e. The number of hydrogen-bond acceptors (Lipinski definition) is 2. The van der Waals surface area contributed by atoms with Crippen LogP contribution in [0.15, 0.2) is 34.6 Å². The SMILES string of the molecule is C#Cc1ccc(N=NN(CC)CC)cc1. The molecule has 0 heterocycles. The molecule has 0 aliphatic carbocycles. The van der Waals surface area contributed by atoms with Gasteiger partial charge >= 0.3 is 0 Å². The first-order valence-corrected chi connectivity index (χ1v) is 5.03.